The van der Waals surface area contributed by atoms with Gasteiger partial charge in [-0.3, -0.25) is 48.6 Å². The lowest BCUT2D eigenvalue weighted by Crippen LogP contribution is -2.41. The number of amides is 4. The summed E-state index contributed by atoms with van der Waals surface area (Å²) in [6.45, 7) is 10.0. The molecule has 4 aromatic heterocycles. The predicted octanol–water partition coefficient (Wildman–Crippen LogP) is 19.4. The average Bonchev–Trinajstić information content (AvgIpc) is 0.699. The molecule has 0 saturated heterocycles. The van der Waals surface area contributed by atoms with Gasteiger partial charge >= 0.3 is 24.1 Å². The van der Waals surface area contributed by atoms with E-state index in [1.54, 1.807) is 42.7 Å². The van der Waals surface area contributed by atoms with E-state index < -0.39 is 28.0 Å². The Morgan fingerprint density at radius 3 is 1.30 bits per heavy atom. The fraction of sp³-hybridized carbons (Fsp3) is 0.213. The minimum absolute atomic E-state index is 0.0107. The van der Waals surface area contributed by atoms with Crippen molar-refractivity contribution in [2.24, 2.45) is 0 Å². The van der Waals surface area contributed by atoms with Gasteiger partial charge in [-0.05, 0) is 104 Å². The van der Waals surface area contributed by atoms with Crippen LogP contribution in [0.25, 0.3) is 86.7 Å². The molecule has 26 heteroatoms. The molecular formula is C94H80Cl3N7O15S. The molecule has 0 aliphatic carbocycles. The van der Waals surface area contributed by atoms with Crippen LogP contribution in [0.4, 0.5) is 0 Å². The van der Waals surface area contributed by atoms with Gasteiger partial charge in [0.1, 0.15) is 0 Å². The molecule has 0 radical (unpaired) electrons. The normalized spacial score (nSPS) is 11.8. The molecule has 1 N–H and O–H groups in total. The zero-order valence-corrected chi connectivity index (χ0v) is 69.6. The molecule has 5 heterocycles. The highest BCUT2D eigenvalue weighted by atomic mass is 35.5. The van der Waals surface area contributed by atoms with Crippen LogP contribution in [0, 0.1) is 20.8 Å². The van der Waals surface area contributed by atoms with Crippen LogP contribution in [-0.4, -0.2) is 135 Å². The molecule has 22 nitrogen and oxygen atoms in total. The van der Waals surface area contributed by atoms with E-state index in [9.17, 15) is 42.0 Å². The van der Waals surface area contributed by atoms with Gasteiger partial charge in [-0.1, -0.05) is 218 Å². The molecule has 4 amide bonds. The number of nitrogens with zero attached hydrogens (tertiary/aromatic N) is 7. The van der Waals surface area contributed by atoms with E-state index in [-0.39, 0.29) is 62.3 Å². The fourth-order valence-electron chi connectivity index (χ4n) is 15.6. The maximum atomic E-state index is 14.9. The number of imide groups is 1. The van der Waals surface area contributed by atoms with Crippen LogP contribution in [0.3, 0.4) is 0 Å². The number of halogens is 3. The third-order valence-corrected chi connectivity index (χ3v) is 22.1. The molecule has 11 aromatic carbocycles. The van der Waals surface area contributed by atoms with Gasteiger partial charge in [-0.15, -0.1) is 0 Å². The van der Waals surface area contributed by atoms with E-state index in [0.29, 0.717) is 171 Å². The Hall–Kier alpha value is -12.7. The predicted molar refractivity (Wildman–Crippen MR) is 464 cm³/mol. The lowest BCUT2D eigenvalue weighted by Gasteiger charge is -2.28. The number of rotatable bonds is 23. The topological polar surface area (TPSA) is 297 Å². The van der Waals surface area contributed by atoms with E-state index in [1.807, 2.05) is 158 Å². The Morgan fingerprint density at radius 1 is 0.458 bits per heavy atom. The Kier molecular flexibility index (Phi) is 26.3. The smallest absolute Gasteiger partial charge is 0.373 e. The molecule has 1 aliphatic rings. The first kappa shape index (κ1) is 85.2. The van der Waals surface area contributed by atoms with Crippen LogP contribution in [0.15, 0.2) is 195 Å². The highest BCUT2D eigenvalue weighted by molar-refractivity contribution is 7.85. The molecule has 0 spiro atoms. The second kappa shape index (κ2) is 37.1. The van der Waals surface area contributed by atoms with Gasteiger partial charge in [-0.2, -0.15) is 18.0 Å². The van der Waals surface area contributed by atoms with Crippen molar-refractivity contribution in [2.45, 2.75) is 92.2 Å². The lowest BCUT2D eigenvalue weighted by atomic mass is 9.87. The summed E-state index contributed by atoms with van der Waals surface area (Å²) in [6, 6.07) is 53.4. The summed E-state index contributed by atoms with van der Waals surface area (Å²) in [5.41, 5.74) is 11.4. The van der Waals surface area contributed by atoms with Crippen molar-refractivity contribution in [1.29, 1.82) is 0 Å². The molecule has 0 bridgehead atoms. The van der Waals surface area contributed by atoms with Crippen molar-refractivity contribution >= 4 is 179 Å². The second-order valence-corrected chi connectivity index (χ2v) is 32.0. The van der Waals surface area contributed by atoms with E-state index >= 15 is 0 Å². The Labute approximate surface area is 705 Å². The number of unbranched alkanes of at least 4 members (excludes halogenated alkanes) is 5. The number of ether oxygens (including phenoxy) is 3. The molecule has 16 rings (SSSR count). The fourth-order valence-corrected chi connectivity index (χ4v) is 16.5. The van der Waals surface area contributed by atoms with Crippen LogP contribution >= 0.6 is 34.8 Å². The van der Waals surface area contributed by atoms with Gasteiger partial charge < -0.3 is 24.0 Å². The summed E-state index contributed by atoms with van der Waals surface area (Å²) < 4.78 is 42.1. The highest BCUT2D eigenvalue weighted by Crippen LogP contribution is 2.47. The van der Waals surface area contributed by atoms with Crippen molar-refractivity contribution < 1.29 is 70.3 Å². The lowest BCUT2D eigenvalue weighted by molar-refractivity contribution is -0.191. The van der Waals surface area contributed by atoms with E-state index in [2.05, 4.69) is 6.92 Å². The summed E-state index contributed by atoms with van der Waals surface area (Å²) >= 11 is 18.8. The number of esters is 3. The molecule has 1 aliphatic heterocycles. The summed E-state index contributed by atoms with van der Waals surface area (Å²) in [6.07, 6.45) is 14.7. The number of carbonyl (C=O) groups excluding carboxylic acids is 9. The second-order valence-electron chi connectivity index (χ2n) is 29.3. The summed E-state index contributed by atoms with van der Waals surface area (Å²) in [7, 11) is -1.06. The third kappa shape index (κ3) is 17.8. The maximum Gasteiger partial charge on any atom is 0.373 e. The number of carbonyl (C=O) groups is 7. The van der Waals surface area contributed by atoms with Crippen LogP contribution in [0.5, 0.6) is 5.75 Å². The van der Waals surface area contributed by atoms with Gasteiger partial charge in [0, 0.05) is 144 Å². The molecule has 0 atom stereocenters. The first-order chi connectivity index (χ1) is 57.7. The minimum atomic E-state index is -3.67. The molecule has 608 valence electrons. The van der Waals surface area contributed by atoms with Gasteiger partial charge in [0.2, 0.25) is 0 Å². The number of aromatic nitrogens is 4. The number of aryl methyl sites for hydroxylation is 3. The van der Waals surface area contributed by atoms with E-state index in [0.717, 1.165) is 65.5 Å². The Balaban J connectivity index is 0.000000191. The minimum Gasteiger partial charge on any atom is -0.465 e. The first-order valence-electron chi connectivity index (χ1n) is 38.7. The standard InChI is InChI=1S/C47H44N4O5.C45H32Cl3N3O5.CH4O3S.CO2/c1-4-5-6-7-8-12-24-51-45(53)35-22-20-32-40-38(35)36(46(51)54)26-48-42(40)33-19-21-34(39-37(47(55)56-3)27-49-43(32)41(33)39)44(52)50(25-23-30-13-10-9-11-14-30)28-31-17-15-29(2)16-18-31;1-24-9-11-27(12-10-24)23-51(18-17-26-7-5-4-6-8-26)43(52)31-15-13-30-39-37(31)33(44(53)55-3)22-50-41(39)29-14-16-32(36-25(2)21-49-40(30)38(29)36)45(54)56-42-34(47)19-28(46)20-35(42)48;1-5(2,3)4;2-1-3/h9-11,13-22,26-27H,4-8,12,23-25,28H2,1-3H3;4-16,19-22H,17-18,23H2,1-3H3;1H3,(H,2,3,4);. The zero-order chi connectivity index (χ0) is 85.4. The number of hydrogen-bond donors (Lipinski definition) is 1. The summed E-state index contributed by atoms with van der Waals surface area (Å²) in [5.74, 6) is -3.08. The maximum absolute atomic E-state index is 14.9. The van der Waals surface area contributed by atoms with E-state index in [1.165, 1.54) is 50.1 Å². The van der Waals surface area contributed by atoms with Crippen molar-refractivity contribution in [3.63, 3.8) is 0 Å². The quantitative estimate of drug-likeness (QED) is 0.0118. The van der Waals surface area contributed by atoms with Gasteiger partial charge in [-0.25, -0.2) is 14.4 Å². The Bertz CT molecular complexity index is 6550. The molecular weight excluding hydrogens is 1610 g/mol. The molecule has 15 aromatic rings. The summed E-state index contributed by atoms with van der Waals surface area (Å²) in [5, 5.41) is 7.64. The molecule has 0 fully saturated rings. The number of methoxy groups -OCH3 is 2. The number of hydrogen-bond acceptors (Lipinski definition) is 18. The number of benzene rings is 11. The molecule has 0 unspecified atom stereocenters. The highest BCUT2D eigenvalue weighted by Gasteiger charge is 2.37. The van der Waals surface area contributed by atoms with Crippen molar-refractivity contribution in [3.8, 4) is 5.75 Å². The molecule has 0 saturated carbocycles. The van der Waals surface area contributed by atoms with Gasteiger partial charge in [0.15, 0.2) is 5.75 Å². The van der Waals surface area contributed by atoms with Crippen LogP contribution in [0.2, 0.25) is 15.1 Å². The van der Waals surface area contributed by atoms with Gasteiger partial charge in [0.25, 0.3) is 33.7 Å². The first-order valence-corrected chi connectivity index (χ1v) is 41.6. The molecule has 120 heavy (non-hydrogen) atoms. The number of fused-ring (bicyclic) bond motifs is 4. The summed E-state index contributed by atoms with van der Waals surface area (Å²) in [4.78, 5) is 139. The average molecular weight is 1690 g/mol. The SMILES string of the molecule is CCCCCCCCN1C(=O)c2ccc3c4ncc(C(=O)OC)c5c(C(=O)N(CCc6ccccc6)Cc6ccc(C)cc6)ccc(c6ncc(c2c36)C1=O)c54.COC(=O)c1cnc2c3ccc(C(=O)Oc4c(Cl)cc(Cl)cc4Cl)c4c(C)cnc(c5ccc(C(=O)N(CCc6ccccc6)Cc6ccc(C)cc6)c1c52)c43.CS(=O)(=O)O.O=C=O. The van der Waals surface area contributed by atoms with Crippen molar-refractivity contribution in [2.75, 3.05) is 40.1 Å². The van der Waals surface area contributed by atoms with Gasteiger partial charge in [0.05, 0.1) is 74.8 Å². The van der Waals surface area contributed by atoms with Crippen molar-refractivity contribution in [1.82, 2.24) is 34.6 Å². The Morgan fingerprint density at radius 2 is 0.850 bits per heavy atom. The van der Waals surface area contributed by atoms with E-state index in [4.69, 9.17) is 83.1 Å². The number of pyridine rings is 4. The van der Waals surface area contributed by atoms with Crippen LogP contribution < -0.4 is 4.74 Å². The monoisotopic (exact) mass is 1680 g/mol. The largest absolute Gasteiger partial charge is 0.465 e. The third-order valence-electron chi connectivity index (χ3n) is 21.3. The zero-order valence-electron chi connectivity index (χ0n) is 66.5. The van der Waals surface area contributed by atoms with Crippen molar-refractivity contribution in [3.05, 3.63) is 288 Å². The van der Waals surface area contributed by atoms with Crippen LogP contribution in [-0.2, 0) is 55.1 Å². The van der Waals surface area contributed by atoms with Crippen LogP contribution in [0.1, 0.15) is 157 Å².